The zero-order chi connectivity index (χ0) is 30.1. The Morgan fingerprint density at radius 1 is 0.952 bits per heavy atom. The van der Waals surface area contributed by atoms with Crippen LogP contribution in [-0.4, -0.2) is 50.4 Å². The molecule has 0 heterocycles. The number of hydrogen-bond acceptors (Lipinski definition) is 5. The van der Waals surface area contributed by atoms with Crippen LogP contribution in [0.5, 0.6) is 5.75 Å². The molecule has 1 aliphatic carbocycles. The second kappa shape index (κ2) is 14.7. The molecule has 0 bridgehead atoms. The summed E-state index contributed by atoms with van der Waals surface area (Å²) >= 11 is 3.36. The molecule has 4 rings (SSSR count). The molecule has 0 unspecified atom stereocenters. The molecule has 1 N–H and O–H groups in total. The van der Waals surface area contributed by atoms with Gasteiger partial charge in [-0.25, -0.2) is 8.42 Å². The summed E-state index contributed by atoms with van der Waals surface area (Å²) < 4.78 is 35.4. The number of nitrogens with zero attached hydrogens (tertiary/aromatic N) is 2. The normalized spacial score (nSPS) is 14.3. The predicted octanol–water partition coefficient (Wildman–Crippen LogP) is 5.91. The first kappa shape index (κ1) is 31.6. The highest BCUT2D eigenvalue weighted by atomic mass is 79.9. The third-order valence-corrected chi connectivity index (χ3v) is 9.72. The average molecular weight is 657 g/mol. The van der Waals surface area contributed by atoms with Gasteiger partial charge in [0.1, 0.15) is 18.3 Å². The monoisotopic (exact) mass is 655 g/mol. The van der Waals surface area contributed by atoms with E-state index in [9.17, 15) is 18.0 Å². The largest absolute Gasteiger partial charge is 0.494 e. The van der Waals surface area contributed by atoms with Crippen molar-refractivity contribution in [3.05, 3.63) is 88.9 Å². The molecule has 3 aromatic carbocycles. The summed E-state index contributed by atoms with van der Waals surface area (Å²) in [4.78, 5) is 29.3. The lowest BCUT2D eigenvalue weighted by atomic mass is 10.1. The van der Waals surface area contributed by atoms with E-state index in [0.29, 0.717) is 24.5 Å². The van der Waals surface area contributed by atoms with Crippen LogP contribution in [0, 0.1) is 0 Å². The van der Waals surface area contributed by atoms with Crippen LogP contribution in [0.1, 0.15) is 51.5 Å². The van der Waals surface area contributed by atoms with Gasteiger partial charge < -0.3 is 15.0 Å². The highest BCUT2D eigenvalue weighted by Crippen LogP contribution is 2.28. The minimum Gasteiger partial charge on any atom is -0.494 e. The highest BCUT2D eigenvalue weighted by molar-refractivity contribution is 9.10. The van der Waals surface area contributed by atoms with E-state index in [2.05, 4.69) is 21.2 Å². The second-order valence-electron chi connectivity index (χ2n) is 10.3. The molecule has 0 aromatic heterocycles. The second-order valence-corrected chi connectivity index (χ2v) is 13.1. The molecule has 0 spiro atoms. The lowest BCUT2D eigenvalue weighted by Crippen LogP contribution is -2.53. The van der Waals surface area contributed by atoms with E-state index < -0.39 is 28.5 Å². The third kappa shape index (κ3) is 7.92. The molecule has 1 saturated carbocycles. The van der Waals surface area contributed by atoms with Crippen LogP contribution < -0.4 is 14.4 Å². The number of halogens is 1. The number of hydrogen-bond donors (Lipinski definition) is 1. The summed E-state index contributed by atoms with van der Waals surface area (Å²) in [7, 11) is -4.15. The fourth-order valence-electron chi connectivity index (χ4n) is 5.20. The Morgan fingerprint density at radius 3 is 2.19 bits per heavy atom. The molecule has 2 amide bonds. The number of benzene rings is 3. The van der Waals surface area contributed by atoms with Gasteiger partial charge in [-0.05, 0) is 80.3 Å². The van der Waals surface area contributed by atoms with E-state index in [1.807, 2.05) is 44.2 Å². The number of anilines is 1. The molecule has 10 heteroatoms. The molecule has 42 heavy (non-hydrogen) atoms. The van der Waals surface area contributed by atoms with Gasteiger partial charge in [0.05, 0.1) is 17.2 Å². The van der Waals surface area contributed by atoms with Crippen molar-refractivity contribution in [1.82, 2.24) is 10.2 Å². The smallest absolute Gasteiger partial charge is 0.264 e. The van der Waals surface area contributed by atoms with Crippen molar-refractivity contribution in [3.8, 4) is 5.75 Å². The summed E-state index contributed by atoms with van der Waals surface area (Å²) in [6.45, 7) is 3.89. The first-order valence-corrected chi connectivity index (χ1v) is 16.6. The Bertz CT molecular complexity index is 1430. The number of sulfonamides is 1. The first-order chi connectivity index (χ1) is 20.2. The van der Waals surface area contributed by atoms with Crippen molar-refractivity contribution in [1.29, 1.82) is 0 Å². The van der Waals surface area contributed by atoms with E-state index in [1.165, 1.54) is 17.0 Å². The van der Waals surface area contributed by atoms with Gasteiger partial charge >= 0.3 is 0 Å². The van der Waals surface area contributed by atoms with Crippen molar-refractivity contribution in [3.63, 3.8) is 0 Å². The number of ether oxygens (including phenoxy) is 1. The maximum absolute atomic E-state index is 14.2. The van der Waals surface area contributed by atoms with Gasteiger partial charge in [-0.15, -0.1) is 0 Å². The summed E-state index contributed by atoms with van der Waals surface area (Å²) in [5.74, 6) is -0.0900. The maximum Gasteiger partial charge on any atom is 0.264 e. The molecular weight excluding hydrogens is 618 g/mol. The zero-order valence-electron chi connectivity index (χ0n) is 24.0. The minimum atomic E-state index is -4.15. The van der Waals surface area contributed by atoms with Gasteiger partial charge in [-0.1, -0.05) is 66.0 Å². The van der Waals surface area contributed by atoms with Gasteiger partial charge in [0.25, 0.3) is 10.0 Å². The number of nitrogens with one attached hydrogen (secondary N) is 1. The molecule has 0 aliphatic heterocycles. The predicted molar refractivity (Wildman–Crippen MR) is 168 cm³/mol. The van der Waals surface area contributed by atoms with E-state index >= 15 is 0 Å². The van der Waals surface area contributed by atoms with Crippen molar-refractivity contribution >= 4 is 43.5 Å². The summed E-state index contributed by atoms with van der Waals surface area (Å²) in [5.41, 5.74) is 1.17. The Morgan fingerprint density at radius 2 is 1.60 bits per heavy atom. The molecule has 1 aliphatic rings. The SMILES string of the molecule is CCOc1ccc(N(CC(=O)N(Cc2ccccc2)[C@@H](CC)C(=O)NC2CCCC2)S(=O)(=O)c2ccc(Br)cc2)cc1. The zero-order valence-corrected chi connectivity index (χ0v) is 26.4. The Kier molecular flexibility index (Phi) is 11.0. The lowest BCUT2D eigenvalue weighted by molar-refractivity contribution is -0.140. The average Bonchev–Trinajstić information content (AvgIpc) is 3.50. The minimum absolute atomic E-state index is 0.0491. The molecular formula is C32H38BrN3O5S. The fourth-order valence-corrected chi connectivity index (χ4v) is 6.88. The van der Waals surface area contributed by atoms with E-state index in [4.69, 9.17) is 4.74 Å². The molecule has 224 valence electrons. The van der Waals surface area contributed by atoms with Gasteiger partial charge in [-0.3, -0.25) is 13.9 Å². The first-order valence-electron chi connectivity index (χ1n) is 14.4. The molecule has 1 atom stereocenters. The molecule has 0 radical (unpaired) electrons. The van der Waals surface area contributed by atoms with Crippen LogP contribution in [0.2, 0.25) is 0 Å². The summed E-state index contributed by atoms with van der Waals surface area (Å²) in [6, 6.07) is 21.7. The third-order valence-electron chi connectivity index (χ3n) is 7.40. The summed E-state index contributed by atoms with van der Waals surface area (Å²) in [5, 5.41) is 3.13. The van der Waals surface area contributed by atoms with Gasteiger partial charge in [0, 0.05) is 17.1 Å². The van der Waals surface area contributed by atoms with E-state index in [0.717, 1.165) is 40.0 Å². The highest BCUT2D eigenvalue weighted by Gasteiger charge is 2.34. The van der Waals surface area contributed by atoms with Crippen LogP contribution in [0.4, 0.5) is 5.69 Å². The van der Waals surface area contributed by atoms with Gasteiger partial charge in [0.15, 0.2) is 0 Å². The Labute approximate surface area is 257 Å². The quantitative estimate of drug-likeness (QED) is 0.247. The molecule has 1 fully saturated rings. The van der Waals surface area contributed by atoms with Crippen molar-refractivity contribution in [2.24, 2.45) is 0 Å². The van der Waals surface area contributed by atoms with E-state index in [1.54, 1.807) is 36.4 Å². The molecule has 3 aromatic rings. The van der Waals surface area contributed by atoms with Gasteiger partial charge in [0.2, 0.25) is 11.8 Å². The van der Waals surface area contributed by atoms with Crippen molar-refractivity contribution < 1.29 is 22.7 Å². The van der Waals surface area contributed by atoms with Crippen LogP contribution >= 0.6 is 15.9 Å². The Hall–Kier alpha value is -3.37. The lowest BCUT2D eigenvalue weighted by Gasteiger charge is -2.33. The molecule has 0 saturated heterocycles. The van der Waals surface area contributed by atoms with Crippen LogP contribution in [-0.2, 0) is 26.2 Å². The van der Waals surface area contributed by atoms with Crippen molar-refractivity contribution in [2.45, 2.75) is 69.5 Å². The molecule has 8 nitrogen and oxygen atoms in total. The topological polar surface area (TPSA) is 96.0 Å². The number of carbonyl (C=O) groups is 2. The standard InChI is InChI=1S/C32H38BrN3O5S/c1-3-30(32(38)34-26-12-8-9-13-26)35(22-24-10-6-5-7-11-24)31(37)23-36(27-16-18-28(19-17-27)41-4-2)42(39,40)29-20-14-25(33)15-21-29/h5-7,10-11,14-21,26,30H,3-4,8-9,12-13,22-23H2,1-2H3,(H,34,38)/t30-/m0/s1. The number of amides is 2. The van der Waals surface area contributed by atoms with Gasteiger partial charge in [-0.2, -0.15) is 0 Å². The number of carbonyl (C=O) groups excluding carboxylic acids is 2. The van der Waals surface area contributed by atoms with Crippen LogP contribution in [0.25, 0.3) is 0 Å². The fraction of sp³-hybridized carbons (Fsp3) is 0.375. The number of rotatable bonds is 13. The Balaban J connectivity index is 1.70. The summed E-state index contributed by atoms with van der Waals surface area (Å²) in [6.07, 6.45) is 4.37. The van der Waals surface area contributed by atoms with Crippen molar-refractivity contribution in [2.75, 3.05) is 17.5 Å². The van der Waals surface area contributed by atoms with E-state index in [-0.39, 0.29) is 23.4 Å². The van der Waals surface area contributed by atoms with Crippen LogP contribution in [0.15, 0.2) is 88.2 Å². The van der Waals surface area contributed by atoms with Crippen LogP contribution in [0.3, 0.4) is 0 Å². The maximum atomic E-state index is 14.2.